The average Bonchev–Trinajstić information content (AvgIpc) is 3.06. The molecule has 0 radical (unpaired) electrons. The molecular weight excluding hydrogens is 250 g/mol. The van der Waals surface area contributed by atoms with Crippen LogP contribution in [0.15, 0.2) is 36.7 Å². The van der Waals surface area contributed by atoms with Gasteiger partial charge in [-0.2, -0.15) is 10.2 Å². The third-order valence-corrected chi connectivity index (χ3v) is 2.80. The SMILES string of the molecule is Cc1nc(-c2ccc(C#Cc3cnn(C)c3)cc2)n[nH]1. The van der Waals surface area contributed by atoms with Gasteiger partial charge in [0.1, 0.15) is 5.82 Å². The van der Waals surface area contributed by atoms with Gasteiger partial charge in [-0.1, -0.05) is 11.8 Å². The summed E-state index contributed by atoms with van der Waals surface area (Å²) in [6, 6.07) is 7.86. The van der Waals surface area contributed by atoms with Crippen molar-refractivity contribution in [3.8, 4) is 23.2 Å². The molecule has 1 N–H and O–H groups in total. The molecule has 0 spiro atoms. The lowest BCUT2D eigenvalue weighted by molar-refractivity contribution is 0.767. The molecule has 0 saturated heterocycles. The van der Waals surface area contributed by atoms with Crippen molar-refractivity contribution in [2.45, 2.75) is 6.92 Å². The molecular formula is C15H13N5. The zero-order chi connectivity index (χ0) is 13.9. The quantitative estimate of drug-likeness (QED) is 0.682. The van der Waals surface area contributed by atoms with Crippen LogP contribution >= 0.6 is 0 Å². The van der Waals surface area contributed by atoms with Crippen LogP contribution in [-0.2, 0) is 7.05 Å². The van der Waals surface area contributed by atoms with Gasteiger partial charge in [0.2, 0.25) is 0 Å². The Balaban J connectivity index is 1.81. The fourth-order valence-electron chi connectivity index (χ4n) is 1.80. The lowest BCUT2D eigenvalue weighted by Crippen LogP contribution is -1.84. The van der Waals surface area contributed by atoms with Crippen LogP contribution in [0.2, 0.25) is 0 Å². The molecule has 0 atom stereocenters. The number of aryl methyl sites for hydroxylation is 2. The summed E-state index contributed by atoms with van der Waals surface area (Å²) in [4.78, 5) is 4.29. The van der Waals surface area contributed by atoms with E-state index in [4.69, 9.17) is 0 Å². The monoisotopic (exact) mass is 263 g/mol. The van der Waals surface area contributed by atoms with Crippen molar-refractivity contribution in [2.24, 2.45) is 7.05 Å². The van der Waals surface area contributed by atoms with Crippen LogP contribution in [0.5, 0.6) is 0 Å². The summed E-state index contributed by atoms with van der Waals surface area (Å²) in [5.41, 5.74) is 2.83. The van der Waals surface area contributed by atoms with Crippen LogP contribution in [0.1, 0.15) is 17.0 Å². The lowest BCUT2D eigenvalue weighted by atomic mass is 10.1. The number of nitrogens with one attached hydrogen (secondary N) is 1. The molecule has 0 unspecified atom stereocenters. The summed E-state index contributed by atoms with van der Waals surface area (Å²) in [5.74, 6) is 7.69. The largest absolute Gasteiger partial charge is 0.275 e. The van der Waals surface area contributed by atoms with Crippen molar-refractivity contribution < 1.29 is 0 Å². The molecule has 20 heavy (non-hydrogen) atoms. The van der Waals surface area contributed by atoms with E-state index in [0.717, 1.165) is 22.5 Å². The van der Waals surface area contributed by atoms with Crippen LogP contribution in [0.3, 0.4) is 0 Å². The van der Waals surface area contributed by atoms with Gasteiger partial charge in [-0.3, -0.25) is 9.78 Å². The molecule has 3 aromatic rings. The van der Waals surface area contributed by atoms with Crippen molar-refractivity contribution in [3.05, 3.63) is 53.6 Å². The smallest absolute Gasteiger partial charge is 0.181 e. The Morgan fingerprint density at radius 2 is 1.85 bits per heavy atom. The minimum Gasteiger partial charge on any atom is -0.275 e. The number of aromatic amines is 1. The Kier molecular flexibility index (Phi) is 3.05. The van der Waals surface area contributed by atoms with Crippen LogP contribution in [-0.4, -0.2) is 25.0 Å². The van der Waals surface area contributed by atoms with Crippen LogP contribution < -0.4 is 0 Å². The highest BCUT2D eigenvalue weighted by Crippen LogP contribution is 2.14. The van der Waals surface area contributed by atoms with Gasteiger partial charge in [0, 0.05) is 24.4 Å². The molecule has 1 aromatic carbocycles. The molecule has 5 nitrogen and oxygen atoms in total. The maximum Gasteiger partial charge on any atom is 0.181 e. The molecule has 0 aliphatic rings. The zero-order valence-electron chi connectivity index (χ0n) is 11.3. The van der Waals surface area contributed by atoms with Crippen LogP contribution in [0.4, 0.5) is 0 Å². The third kappa shape index (κ3) is 2.59. The Hall–Kier alpha value is -2.87. The predicted octanol–water partition coefficient (Wildman–Crippen LogP) is 1.91. The van der Waals surface area contributed by atoms with E-state index in [9.17, 15) is 0 Å². The van der Waals surface area contributed by atoms with Crippen molar-refractivity contribution in [2.75, 3.05) is 0 Å². The number of aromatic nitrogens is 5. The van der Waals surface area contributed by atoms with Gasteiger partial charge >= 0.3 is 0 Å². The van der Waals surface area contributed by atoms with E-state index in [1.165, 1.54) is 0 Å². The third-order valence-electron chi connectivity index (χ3n) is 2.80. The fourth-order valence-corrected chi connectivity index (χ4v) is 1.80. The Morgan fingerprint density at radius 3 is 2.45 bits per heavy atom. The normalized spacial score (nSPS) is 10.1. The van der Waals surface area contributed by atoms with Crippen molar-refractivity contribution in [1.82, 2.24) is 25.0 Å². The molecule has 2 heterocycles. The number of rotatable bonds is 1. The maximum absolute atomic E-state index is 4.29. The highest BCUT2D eigenvalue weighted by atomic mass is 15.2. The first-order chi connectivity index (χ1) is 9.70. The molecule has 98 valence electrons. The second kappa shape index (κ2) is 5.02. The molecule has 0 amide bonds. The van der Waals surface area contributed by atoms with E-state index in [1.54, 1.807) is 10.9 Å². The summed E-state index contributed by atoms with van der Waals surface area (Å²) >= 11 is 0. The summed E-state index contributed by atoms with van der Waals surface area (Å²) in [6.45, 7) is 1.88. The standard InChI is InChI=1S/C15H13N5/c1-11-17-15(19-18-11)14-7-5-12(6-8-14)3-4-13-9-16-20(2)10-13/h5-10H,1-2H3,(H,17,18,19). The van der Waals surface area contributed by atoms with Gasteiger partial charge in [0.15, 0.2) is 5.82 Å². The molecule has 5 heteroatoms. The van der Waals surface area contributed by atoms with Gasteiger partial charge in [-0.05, 0) is 31.2 Å². The number of benzene rings is 1. The average molecular weight is 263 g/mol. The van der Waals surface area contributed by atoms with E-state index < -0.39 is 0 Å². The number of nitrogens with zero attached hydrogens (tertiary/aromatic N) is 4. The molecule has 0 aliphatic heterocycles. The van der Waals surface area contributed by atoms with E-state index in [0.29, 0.717) is 5.82 Å². The van der Waals surface area contributed by atoms with Gasteiger partial charge in [-0.25, -0.2) is 4.98 Å². The Bertz CT molecular complexity index is 784. The molecule has 2 aromatic heterocycles. The summed E-state index contributed by atoms with van der Waals surface area (Å²) in [5, 5.41) is 11.0. The fraction of sp³-hybridized carbons (Fsp3) is 0.133. The van der Waals surface area contributed by atoms with Crippen molar-refractivity contribution in [3.63, 3.8) is 0 Å². The number of hydrogen-bond acceptors (Lipinski definition) is 3. The summed E-state index contributed by atoms with van der Waals surface area (Å²) < 4.78 is 1.73. The highest BCUT2D eigenvalue weighted by Gasteiger charge is 2.02. The minimum absolute atomic E-state index is 0.703. The first-order valence-corrected chi connectivity index (χ1v) is 6.21. The van der Waals surface area contributed by atoms with E-state index in [1.807, 2.05) is 44.4 Å². The summed E-state index contributed by atoms with van der Waals surface area (Å²) in [6.07, 6.45) is 3.63. The van der Waals surface area contributed by atoms with E-state index in [-0.39, 0.29) is 0 Å². The van der Waals surface area contributed by atoms with Gasteiger partial charge in [-0.15, -0.1) is 0 Å². The predicted molar refractivity (Wildman–Crippen MR) is 75.7 cm³/mol. The second-order valence-corrected chi connectivity index (χ2v) is 4.47. The van der Waals surface area contributed by atoms with Crippen LogP contribution in [0, 0.1) is 18.8 Å². The first kappa shape index (κ1) is 12.2. The van der Waals surface area contributed by atoms with Crippen LogP contribution in [0.25, 0.3) is 11.4 Å². The van der Waals surface area contributed by atoms with E-state index in [2.05, 4.69) is 32.1 Å². The van der Waals surface area contributed by atoms with Crippen molar-refractivity contribution >= 4 is 0 Å². The molecule has 0 saturated carbocycles. The molecule has 0 aliphatic carbocycles. The van der Waals surface area contributed by atoms with Gasteiger partial charge < -0.3 is 0 Å². The number of H-pyrrole nitrogens is 1. The lowest BCUT2D eigenvalue weighted by Gasteiger charge is -1.94. The molecule has 0 bridgehead atoms. The van der Waals surface area contributed by atoms with E-state index >= 15 is 0 Å². The van der Waals surface area contributed by atoms with Gasteiger partial charge in [0.25, 0.3) is 0 Å². The molecule has 3 rings (SSSR count). The van der Waals surface area contributed by atoms with Crippen molar-refractivity contribution in [1.29, 1.82) is 0 Å². The first-order valence-electron chi connectivity index (χ1n) is 6.21. The highest BCUT2D eigenvalue weighted by molar-refractivity contribution is 5.56. The minimum atomic E-state index is 0.703. The second-order valence-electron chi connectivity index (χ2n) is 4.47. The number of hydrogen-bond donors (Lipinski definition) is 1. The molecule has 0 fully saturated rings. The zero-order valence-corrected chi connectivity index (χ0v) is 11.3. The maximum atomic E-state index is 4.29. The van der Waals surface area contributed by atoms with Gasteiger partial charge in [0.05, 0.1) is 11.8 Å². The topological polar surface area (TPSA) is 59.4 Å². The Morgan fingerprint density at radius 1 is 1.10 bits per heavy atom. The Labute approximate surface area is 116 Å². The summed E-state index contributed by atoms with van der Waals surface area (Å²) in [7, 11) is 1.87.